The molecule has 3 aromatic rings. The van der Waals surface area contributed by atoms with Crippen molar-refractivity contribution in [1.29, 1.82) is 0 Å². The van der Waals surface area contributed by atoms with Crippen molar-refractivity contribution in [2.24, 2.45) is 0 Å². The first kappa shape index (κ1) is 21.3. The molecule has 3 rings (SSSR count). The summed E-state index contributed by atoms with van der Waals surface area (Å²) in [5, 5.41) is 10.0. The average molecular weight is 445 g/mol. The molecule has 3 aromatic carbocycles. The Morgan fingerprint density at radius 1 is 0.897 bits per heavy atom. The molecule has 0 saturated carbocycles. The summed E-state index contributed by atoms with van der Waals surface area (Å²) in [5.74, 6) is 0.238. The predicted molar refractivity (Wildman–Crippen MR) is 120 cm³/mol. The molecule has 0 aliphatic rings. The molecule has 0 fully saturated rings. The Morgan fingerprint density at radius 2 is 1.45 bits per heavy atom. The van der Waals surface area contributed by atoms with Crippen LogP contribution in [0.25, 0.3) is 5.57 Å². The smallest absolute Gasteiger partial charge is 0.341 e. The van der Waals surface area contributed by atoms with Crippen LogP contribution in [0, 0.1) is 0 Å². The highest BCUT2D eigenvalue weighted by molar-refractivity contribution is 7.99. The zero-order valence-electron chi connectivity index (χ0n) is 15.3. The van der Waals surface area contributed by atoms with E-state index in [1.807, 2.05) is 60.7 Å². The van der Waals surface area contributed by atoms with Gasteiger partial charge in [0.2, 0.25) is 0 Å². The van der Waals surface area contributed by atoms with Crippen molar-refractivity contribution in [3.8, 4) is 5.75 Å². The first-order chi connectivity index (χ1) is 14.0. The Hall–Kier alpha value is -2.40. The highest BCUT2D eigenvalue weighted by Gasteiger charge is 2.11. The molecule has 0 heterocycles. The van der Waals surface area contributed by atoms with Gasteiger partial charge in [-0.05, 0) is 42.0 Å². The topological polar surface area (TPSA) is 46.5 Å². The molecule has 0 aromatic heterocycles. The van der Waals surface area contributed by atoms with E-state index in [1.165, 1.54) is 0 Å². The molecular formula is C23H18Cl2O3S. The zero-order chi connectivity index (χ0) is 20.6. The fraction of sp³-hybridized carbons (Fsp3) is 0.0870. The molecule has 0 saturated heterocycles. The molecule has 1 N–H and O–H groups in total. The maximum Gasteiger partial charge on any atom is 0.341 e. The molecule has 0 unspecified atom stereocenters. The predicted octanol–water partition coefficient (Wildman–Crippen LogP) is 6.68. The molecule has 148 valence electrons. The Kier molecular flexibility index (Phi) is 7.64. The lowest BCUT2D eigenvalue weighted by atomic mass is 9.98. The van der Waals surface area contributed by atoms with Crippen LogP contribution in [-0.2, 0) is 4.79 Å². The van der Waals surface area contributed by atoms with Crippen LogP contribution in [0.15, 0.2) is 83.8 Å². The number of hydrogen-bond acceptors (Lipinski definition) is 3. The van der Waals surface area contributed by atoms with E-state index in [0.717, 1.165) is 21.6 Å². The highest BCUT2D eigenvalue weighted by Crippen LogP contribution is 2.34. The van der Waals surface area contributed by atoms with Gasteiger partial charge >= 0.3 is 5.97 Å². The quantitative estimate of drug-likeness (QED) is 0.393. The van der Waals surface area contributed by atoms with Crippen LogP contribution in [0.1, 0.15) is 11.1 Å². The number of rotatable bonds is 8. The Morgan fingerprint density at radius 3 is 1.97 bits per heavy atom. The summed E-state index contributed by atoms with van der Waals surface area (Å²) in [5.41, 5.74) is 2.84. The third-order valence-electron chi connectivity index (χ3n) is 4.05. The standard InChI is InChI=1S/C23H18Cl2O3S/c24-21-7-3-1-5-19(21)18(20-6-2-4-8-22(20)25)13-14-29-17-11-9-16(10-12-17)28-15-23(26)27/h1-13H,14-15H2,(H,26,27). The number of aliphatic carboxylic acids is 1. The van der Waals surface area contributed by atoms with Gasteiger partial charge in [-0.3, -0.25) is 0 Å². The second kappa shape index (κ2) is 10.4. The van der Waals surface area contributed by atoms with Crippen LogP contribution >= 0.6 is 35.0 Å². The molecule has 29 heavy (non-hydrogen) atoms. The fourth-order valence-electron chi connectivity index (χ4n) is 2.72. The number of thioether (sulfide) groups is 1. The summed E-state index contributed by atoms with van der Waals surface area (Å²) < 4.78 is 5.16. The molecule has 0 atom stereocenters. The number of ether oxygens (including phenoxy) is 1. The third kappa shape index (κ3) is 6.04. The molecule has 0 radical (unpaired) electrons. The zero-order valence-corrected chi connectivity index (χ0v) is 17.7. The molecule has 3 nitrogen and oxygen atoms in total. The molecule has 0 spiro atoms. The lowest BCUT2D eigenvalue weighted by Gasteiger charge is -2.12. The van der Waals surface area contributed by atoms with Crippen LogP contribution in [0.4, 0.5) is 0 Å². The van der Waals surface area contributed by atoms with Gasteiger partial charge in [-0.15, -0.1) is 11.8 Å². The Balaban J connectivity index is 1.78. The van der Waals surface area contributed by atoms with Crippen LogP contribution in [-0.4, -0.2) is 23.4 Å². The molecule has 6 heteroatoms. The van der Waals surface area contributed by atoms with Crippen LogP contribution in [0.2, 0.25) is 10.0 Å². The van der Waals surface area contributed by atoms with E-state index in [-0.39, 0.29) is 6.61 Å². The lowest BCUT2D eigenvalue weighted by molar-refractivity contribution is -0.139. The lowest BCUT2D eigenvalue weighted by Crippen LogP contribution is -2.09. The van der Waals surface area contributed by atoms with Gasteiger partial charge in [-0.25, -0.2) is 4.79 Å². The second-order valence-corrected chi connectivity index (χ2v) is 7.95. The SMILES string of the molecule is O=C(O)COc1ccc(SCC=C(c2ccccc2Cl)c2ccccc2Cl)cc1. The molecule has 0 bridgehead atoms. The minimum absolute atomic E-state index is 0.353. The molecular weight excluding hydrogens is 427 g/mol. The highest BCUT2D eigenvalue weighted by atomic mass is 35.5. The number of carboxylic acid groups (broad SMARTS) is 1. The van der Waals surface area contributed by atoms with Crippen molar-refractivity contribution in [2.75, 3.05) is 12.4 Å². The van der Waals surface area contributed by atoms with Crippen LogP contribution < -0.4 is 4.74 Å². The van der Waals surface area contributed by atoms with Gasteiger partial charge in [-0.2, -0.15) is 0 Å². The summed E-state index contributed by atoms with van der Waals surface area (Å²) in [6.45, 7) is -0.353. The monoisotopic (exact) mass is 444 g/mol. The maximum absolute atomic E-state index is 10.6. The van der Waals surface area contributed by atoms with Gasteiger partial charge in [0.15, 0.2) is 6.61 Å². The van der Waals surface area contributed by atoms with Crippen molar-refractivity contribution in [1.82, 2.24) is 0 Å². The van der Waals surface area contributed by atoms with E-state index < -0.39 is 5.97 Å². The summed E-state index contributed by atoms with van der Waals surface area (Å²) in [7, 11) is 0. The van der Waals surface area contributed by atoms with Crippen LogP contribution in [0.3, 0.4) is 0 Å². The van der Waals surface area contributed by atoms with Gasteiger partial charge in [0, 0.05) is 31.8 Å². The average Bonchev–Trinajstić information content (AvgIpc) is 2.72. The van der Waals surface area contributed by atoms with Crippen molar-refractivity contribution in [3.63, 3.8) is 0 Å². The minimum atomic E-state index is -1.000. The van der Waals surface area contributed by atoms with Gasteiger partial charge in [0.05, 0.1) is 0 Å². The van der Waals surface area contributed by atoms with Crippen molar-refractivity contribution in [3.05, 3.63) is 100 Å². The largest absolute Gasteiger partial charge is 0.482 e. The normalized spacial score (nSPS) is 10.4. The van der Waals surface area contributed by atoms with Gasteiger partial charge in [0.25, 0.3) is 0 Å². The number of carboxylic acids is 1. The number of halogens is 2. The molecule has 0 aliphatic heterocycles. The van der Waals surface area contributed by atoms with Gasteiger partial charge in [-0.1, -0.05) is 65.7 Å². The summed E-state index contributed by atoms with van der Waals surface area (Å²) in [6.07, 6.45) is 2.11. The van der Waals surface area contributed by atoms with E-state index in [2.05, 4.69) is 6.08 Å². The molecule has 0 amide bonds. The van der Waals surface area contributed by atoms with Crippen molar-refractivity contribution < 1.29 is 14.6 Å². The first-order valence-electron chi connectivity index (χ1n) is 8.82. The summed E-state index contributed by atoms with van der Waals surface area (Å²) in [6, 6.07) is 22.7. The molecule has 0 aliphatic carbocycles. The third-order valence-corrected chi connectivity index (χ3v) is 5.65. The van der Waals surface area contributed by atoms with E-state index in [4.69, 9.17) is 33.0 Å². The van der Waals surface area contributed by atoms with Gasteiger partial charge in [0.1, 0.15) is 5.75 Å². The van der Waals surface area contributed by atoms with E-state index in [1.54, 1.807) is 23.9 Å². The van der Waals surface area contributed by atoms with E-state index in [0.29, 0.717) is 21.5 Å². The summed E-state index contributed by atoms with van der Waals surface area (Å²) in [4.78, 5) is 11.6. The van der Waals surface area contributed by atoms with E-state index >= 15 is 0 Å². The van der Waals surface area contributed by atoms with Gasteiger partial charge < -0.3 is 9.84 Å². The fourth-order valence-corrected chi connectivity index (χ4v) is 3.97. The van der Waals surface area contributed by atoms with E-state index in [9.17, 15) is 4.79 Å². The van der Waals surface area contributed by atoms with Crippen molar-refractivity contribution >= 4 is 46.5 Å². The Bertz CT molecular complexity index is 969. The minimum Gasteiger partial charge on any atom is -0.482 e. The maximum atomic E-state index is 10.6. The number of benzene rings is 3. The summed E-state index contributed by atoms with van der Waals surface area (Å²) >= 11 is 14.5. The number of carbonyl (C=O) groups is 1. The van der Waals surface area contributed by atoms with Crippen molar-refractivity contribution in [2.45, 2.75) is 4.90 Å². The second-order valence-electron chi connectivity index (χ2n) is 6.04. The number of hydrogen-bond donors (Lipinski definition) is 1. The Labute approximate surface area is 183 Å². The van der Waals surface area contributed by atoms with Crippen LogP contribution in [0.5, 0.6) is 5.75 Å². The first-order valence-corrected chi connectivity index (χ1v) is 10.6.